The van der Waals surface area contributed by atoms with E-state index in [9.17, 15) is 22.4 Å². The van der Waals surface area contributed by atoms with Gasteiger partial charge in [0.05, 0.1) is 11.9 Å². The van der Waals surface area contributed by atoms with Crippen LogP contribution in [0.4, 0.5) is 10.1 Å². The number of nitrogens with one attached hydrogen (secondary N) is 1. The Morgan fingerprint density at radius 2 is 1.65 bits per heavy atom. The van der Waals surface area contributed by atoms with Crippen LogP contribution in [0, 0.1) is 5.82 Å². The Morgan fingerprint density at radius 3 is 2.35 bits per heavy atom. The molecule has 0 bridgehead atoms. The number of hydrogen-bond acceptors (Lipinski definition) is 4. The first-order chi connectivity index (χ1) is 17.6. The monoisotopic (exact) mass is 525 g/mol. The molecule has 0 unspecified atom stereocenters. The molecule has 1 aliphatic carbocycles. The molecule has 0 spiro atoms. The number of amides is 2. The van der Waals surface area contributed by atoms with Crippen LogP contribution in [0.3, 0.4) is 0 Å². The molecule has 2 amide bonds. The van der Waals surface area contributed by atoms with Gasteiger partial charge < -0.3 is 10.2 Å². The average molecular weight is 526 g/mol. The Morgan fingerprint density at radius 1 is 1.00 bits per heavy atom. The lowest BCUT2D eigenvalue weighted by Gasteiger charge is -2.32. The highest BCUT2D eigenvalue weighted by molar-refractivity contribution is 7.92. The molecule has 1 N–H and O–H groups in total. The fourth-order valence-electron chi connectivity index (χ4n) is 4.81. The maximum Gasteiger partial charge on any atom is 0.244 e. The van der Waals surface area contributed by atoms with E-state index in [4.69, 9.17) is 0 Å². The van der Waals surface area contributed by atoms with Crippen LogP contribution in [-0.2, 0) is 26.2 Å². The normalized spacial score (nSPS) is 14.9. The highest BCUT2D eigenvalue weighted by Gasteiger charge is 2.32. The van der Waals surface area contributed by atoms with Gasteiger partial charge >= 0.3 is 0 Å². The maximum atomic E-state index is 14.6. The zero-order valence-corrected chi connectivity index (χ0v) is 21.9. The van der Waals surface area contributed by atoms with Crippen molar-refractivity contribution in [3.8, 4) is 0 Å². The summed E-state index contributed by atoms with van der Waals surface area (Å²) in [5.74, 6) is -1.44. The highest BCUT2D eigenvalue weighted by Crippen LogP contribution is 2.29. The summed E-state index contributed by atoms with van der Waals surface area (Å²) in [6.45, 7) is 0.895. The van der Waals surface area contributed by atoms with E-state index in [0.29, 0.717) is 11.1 Å². The van der Waals surface area contributed by atoms with Crippen molar-refractivity contribution in [1.82, 2.24) is 10.2 Å². The lowest BCUT2D eigenvalue weighted by atomic mass is 10.1. The summed E-state index contributed by atoms with van der Waals surface area (Å²) in [6.07, 6.45) is 4.86. The maximum absolute atomic E-state index is 14.6. The lowest BCUT2D eigenvalue weighted by Crippen LogP contribution is -2.52. The van der Waals surface area contributed by atoms with Crippen LogP contribution in [0.1, 0.15) is 38.2 Å². The first kappa shape index (κ1) is 26.6. The van der Waals surface area contributed by atoms with E-state index in [1.807, 2.05) is 18.2 Å². The number of carbonyl (C=O) groups is 2. The molecule has 0 aliphatic heterocycles. The Balaban J connectivity index is 1.66. The van der Waals surface area contributed by atoms with Gasteiger partial charge in [-0.1, -0.05) is 67.4 Å². The molecular weight excluding hydrogens is 493 g/mol. The number of halogens is 1. The molecule has 0 radical (unpaired) electrons. The number of sulfonamides is 1. The molecular formula is C28H32FN3O4S. The van der Waals surface area contributed by atoms with Gasteiger partial charge in [-0.2, -0.15) is 0 Å². The second-order valence-electron chi connectivity index (χ2n) is 9.55. The predicted octanol–water partition coefficient (Wildman–Crippen LogP) is 4.22. The van der Waals surface area contributed by atoms with Crippen molar-refractivity contribution in [1.29, 1.82) is 0 Å². The smallest absolute Gasteiger partial charge is 0.244 e. The molecule has 1 fully saturated rings. The van der Waals surface area contributed by atoms with Gasteiger partial charge in [0, 0.05) is 23.5 Å². The number of hydrogen-bond donors (Lipinski definition) is 1. The van der Waals surface area contributed by atoms with Crippen molar-refractivity contribution in [2.24, 2.45) is 0 Å². The molecule has 0 heterocycles. The fourth-order valence-corrected chi connectivity index (χ4v) is 5.67. The average Bonchev–Trinajstić information content (AvgIpc) is 3.38. The second-order valence-corrected chi connectivity index (χ2v) is 11.5. The molecule has 4 rings (SSSR count). The first-order valence-corrected chi connectivity index (χ1v) is 14.3. The Bertz CT molecular complexity index is 1380. The van der Waals surface area contributed by atoms with E-state index >= 15 is 0 Å². The number of fused-ring (bicyclic) bond motifs is 1. The molecule has 1 atom stereocenters. The largest absolute Gasteiger partial charge is 0.352 e. The third-order valence-electron chi connectivity index (χ3n) is 6.88. The van der Waals surface area contributed by atoms with E-state index in [-0.39, 0.29) is 24.1 Å². The third kappa shape index (κ3) is 6.28. The molecule has 0 saturated heterocycles. The van der Waals surface area contributed by atoms with Crippen molar-refractivity contribution in [3.05, 3.63) is 78.1 Å². The number of benzene rings is 3. The summed E-state index contributed by atoms with van der Waals surface area (Å²) in [7, 11) is -3.87. The summed E-state index contributed by atoms with van der Waals surface area (Å²) < 4.78 is 41.4. The van der Waals surface area contributed by atoms with Gasteiger partial charge in [-0.25, -0.2) is 12.8 Å². The van der Waals surface area contributed by atoms with Crippen molar-refractivity contribution >= 4 is 38.3 Å². The van der Waals surface area contributed by atoms with Crippen LogP contribution < -0.4 is 9.62 Å². The molecule has 9 heteroatoms. The molecule has 1 aliphatic rings. The zero-order valence-electron chi connectivity index (χ0n) is 21.1. The van der Waals surface area contributed by atoms with E-state index in [0.717, 1.165) is 41.6 Å². The summed E-state index contributed by atoms with van der Waals surface area (Å²) >= 11 is 0. The minimum absolute atomic E-state index is 0.0450. The number of anilines is 1. The van der Waals surface area contributed by atoms with Gasteiger partial charge in [0.25, 0.3) is 0 Å². The topological polar surface area (TPSA) is 86.8 Å². The highest BCUT2D eigenvalue weighted by atomic mass is 32.2. The van der Waals surface area contributed by atoms with Gasteiger partial charge in [0.1, 0.15) is 18.4 Å². The van der Waals surface area contributed by atoms with Gasteiger partial charge in [0.2, 0.25) is 21.8 Å². The van der Waals surface area contributed by atoms with Gasteiger partial charge in [0.15, 0.2) is 0 Å². The van der Waals surface area contributed by atoms with E-state index in [2.05, 4.69) is 5.32 Å². The van der Waals surface area contributed by atoms with Crippen LogP contribution >= 0.6 is 0 Å². The van der Waals surface area contributed by atoms with Crippen molar-refractivity contribution < 1.29 is 22.4 Å². The molecule has 37 heavy (non-hydrogen) atoms. The van der Waals surface area contributed by atoms with Crippen molar-refractivity contribution in [2.75, 3.05) is 17.1 Å². The van der Waals surface area contributed by atoms with E-state index in [1.54, 1.807) is 49.4 Å². The Kier molecular flexibility index (Phi) is 8.12. The Labute approximate surface area is 217 Å². The SMILES string of the molecule is C[C@H](C(=O)NC1CCCC1)N(Cc1ccccc1F)C(=O)CN(c1cccc2ccccc12)S(C)(=O)=O. The zero-order chi connectivity index (χ0) is 26.6. The van der Waals surface area contributed by atoms with Gasteiger partial charge in [-0.05, 0) is 37.3 Å². The Hall–Kier alpha value is -3.46. The lowest BCUT2D eigenvalue weighted by molar-refractivity contribution is -0.139. The number of rotatable bonds is 9. The minimum atomic E-state index is -3.87. The van der Waals surface area contributed by atoms with Crippen LogP contribution in [0.5, 0.6) is 0 Å². The molecule has 3 aromatic rings. The van der Waals surface area contributed by atoms with Crippen LogP contribution in [0.2, 0.25) is 0 Å². The summed E-state index contributed by atoms with van der Waals surface area (Å²) in [5.41, 5.74) is 0.607. The van der Waals surface area contributed by atoms with Crippen molar-refractivity contribution in [2.45, 2.75) is 51.2 Å². The summed E-state index contributed by atoms with van der Waals surface area (Å²) in [5, 5.41) is 4.50. The number of carbonyl (C=O) groups excluding carboxylic acids is 2. The molecule has 7 nitrogen and oxygen atoms in total. The van der Waals surface area contributed by atoms with E-state index in [1.165, 1.54) is 11.0 Å². The fraction of sp³-hybridized carbons (Fsp3) is 0.357. The minimum Gasteiger partial charge on any atom is -0.352 e. The molecule has 0 aromatic heterocycles. The molecule has 196 valence electrons. The number of nitrogens with zero attached hydrogens (tertiary/aromatic N) is 2. The standard InChI is InChI=1S/C28H32FN3O4S/c1-20(28(34)30-23-13-5-6-14-23)31(18-22-11-4-8-16-25(22)29)27(33)19-32(37(2,35)36)26-17-9-12-21-10-3-7-15-24(21)26/h3-4,7-12,15-17,20,23H,5-6,13-14,18-19H2,1-2H3,(H,30,34)/t20-/m1/s1. The van der Waals surface area contributed by atoms with Gasteiger partial charge in [-0.3, -0.25) is 13.9 Å². The van der Waals surface area contributed by atoms with Crippen molar-refractivity contribution in [3.63, 3.8) is 0 Å². The van der Waals surface area contributed by atoms with Crippen LogP contribution in [-0.4, -0.2) is 50.0 Å². The van der Waals surface area contributed by atoms with Crippen LogP contribution in [0.15, 0.2) is 66.7 Å². The van der Waals surface area contributed by atoms with Gasteiger partial charge in [-0.15, -0.1) is 0 Å². The van der Waals surface area contributed by atoms with Crippen LogP contribution in [0.25, 0.3) is 10.8 Å². The second kappa shape index (κ2) is 11.3. The quantitative estimate of drug-likeness (QED) is 0.453. The summed E-state index contributed by atoms with van der Waals surface area (Å²) in [4.78, 5) is 28.1. The predicted molar refractivity (Wildman–Crippen MR) is 143 cm³/mol. The third-order valence-corrected chi connectivity index (χ3v) is 8.01. The van der Waals surface area contributed by atoms with E-state index < -0.39 is 34.3 Å². The molecule has 1 saturated carbocycles. The molecule has 3 aromatic carbocycles. The summed E-state index contributed by atoms with van der Waals surface area (Å²) in [6, 6.07) is 17.7. The first-order valence-electron chi connectivity index (χ1n) is 12.4.